The predicted molar refractivity (Wildman–Crippen MR) is 320 cm³/mol. The molecule has 0 aliphatic carbocycles. The molecule has 0 aliphatic heterocycles. The summed E-state index contributed by atoms with van der Waals surface area (Å²) >= 11 is 0. The van der Waals surface area contributed by atoms with Gasteiger partial charge in [0.2, 0.25) is 0 Å². The van der Waals surface area contributed by atoms with E-state index >= 15 is 52.7 Å². The van der Waals surface area contributed by atoms with Gasteiger partial charge in [0, 0.05) is 60.5 Å². The van der Waals surface area contributed by atoms with Crippen molar-refractivity contribution < 1.29 is 52.7 Å². The summed E-state index contributed by atoms with van der Waals surface area (Å²) in [6.45, 7) is 0. The average Bonchev–Trinajstić information content (AvgIpc) is 1.43. The largest absolute Gasteiger partial charge is 0.416 e. The number of para-hydroxylation sites is 3. The summed E-state index contributed by atoms with van der Waals surface area (Å²) < 4.78 is 185. The molecule has 0 bridgehead atoms. The number of aromatic nitrogens is 3. The molecule has 0 fully saturated rings. The maximum atomic E-state index is 15.0. The third-order valence-corrected chi connectivity index (χ3v) is 16.1. The van der Waals surface area contributed by atoms with Crippen molar-refractivity contribution in [3.05, 3.63) is 264 Å². The number of halogens is 12. The van der Waals surface area contributed by atoms with E-state index in [0.717, 1.165) is 84.2 Å². The topological polar surface area (TPSA) is 41.8 Å². The molecule has 0 unspecified atom stereocenters. The Bertz CT molecular complexity index is 4750. The second kappa shape index (κ2) is 20.2. The zero-order valence-electron chi connectivity index (χ0n) is 45.3. The van der Waals surface area contributed by atoms with Crippen LogP contribution in [0.3, 0.4) is 0 Å². The number of hydrogen-bond acceptors (Lipinski definition) is 2. The highest BCUT2D eigenvalue weighted by molar-refractivity contribution is 6.17. The minimum atomic E-state index is -4.99. The second-order valence-corrected chi connectivity index (χ2v) is 21.2. The van der Waals surface area contributed by atoms with Gasteiger partial charge in [-0.05, 0) is 132 Å². The van der Waals surface area contributed by atoms with Crippen molar-refractivity contribution in [1.29, 1.82) is 5.26 Å². The Balaban J connectivity index is 1.28. The summed E-state index contributed by atoms with van der Waals surface area (Å²) in [4.78, 5) is 2.04. The van der Waals surface area contributed by atoms with Gasteiger partial charge >= 0.3 is 24.7 Å². The molecule has 3 heterocycles. The van der Waals surface area contributed by atoms with Gasteiger partial charge in [-0.3, -0.25) is 0 Å². The highest BCUT2D eigenvalue weighted by Gasteiger charge is 2.39. The smallest absolute Gasteiger partial charge is 0.310 e. The Kier molecular flexibility index (Phi) is 12.7. The van der Waals surface area contributed by atoms with Gasteiger partial charge in [-0.2, -0.15) is 57.9 Å². The van der Waals surface area contributed by atoms with E-state index in [4.69, 9.17) is 0 Å². The lowest BCUT2D eigenvalue weighted by atomic mass is 9.87. The SMILES string of the molecule is N#Cc1c(-c2ccccc2)c(-n2c3ccc(C(F)(F)F)cc3c3cc(C(F)(F)F)ccc32)c(-n2c3ccccc3c3cc(N(c4ccccc4)c4ccccc4)ccc32)c(-n2c3ccc(C(F)(F)F)cc3c3cc(C(F)(F)F)ccc32)c1-c1ccccc1. The van der Waals surface area contributed by atoms with Crippen LogP contribution >= 0.6 is 0 Å². The number of hydrogen-bond donors (Lipinski definition) is 0. The molecular formula is C71H39F12N5. The molecule has 5 nitrogen and oxygen atoms in total. The summed E-state index contributed by atoms with van der Waals surface area (Å²) in [5, 5.41) is 12.3. The fourth-order valence-corrected chi connectivity index (χ4v) is 12.4. The van der Waals surface area contributed by atoms with Gasteiger partial charge < -0.3 is 18.6 Å². The molecule has 0 aliphatic rings. The van der Waals surface area contributed by atoms with Crippen LogP contribution in [0.25, 0.3) is 105 Å². The van der Waals surface area contributed by atoms with Crippen LogP contribution in [-0.2, 0) is 24.7 Å². The molecule has 0 N–H and O–H groups in total. The van der Waals surface area contributed by atoms with E-state index in [9.17, 15) is 5.26 Å². The Morgan fingerprint density at radius 3 is 0.932 bits per heavy atom. The number of benzene rings is 11. The van der Waals surface area contributed by atoms with Crippen LogP contribution in [0.1, 0.15) is 27.8 Å². The van der Waals surface area contributed by atoms with Gasteiger partial charge in [-0.15, -0.1) is 0 Å². The summed E-state index contributed by atoms with van der Waals surface area (Å²) in [6, 6.07) is 62.1. The van der Waals surface area contributed by atoms with Crippen LogP contribution in [0.5, 0.6) is 0 Å². The van der Waals surface area contributed by atoms with Crippen molar-refractivity contribution in [3.8, 4) is 45.4 Å². The first-order valence-corrected chi connectivity index (χ1v) is 27.3. The van der Waals surface area contributed by atoms with Crippen molar-refractivity contribution in [1.82, 2.24) is 13.7 Å². The van der Waals surface area contributed by atoms with E-state index in [1.165, 1.54) is 9.13 Å². The van der Waals surface area contributed by atoms with Gasteiger partial charge in [-0.25, -0.2) is 0 Å². The molecule has 432 valence electrons. The van der Waals surface area contributed by atoms with E-state index in [1.807, 2.05) is 100 Å². The van der Waals surface area contributed by atoms with Crippen molar-refractivity contribution in [2.24, 2.45) is 0 Å². The van der Waals surface area contributed by atoms with Gasteiger partial charge in [0.25, 0.3) is 0 Å². The Morgan fingerprint density at radius 1 is 0.284 bits per heavy atom. The van der Waals surface area contributed by atoms with Crippen molar-refractivity contribution in [2.45, 2.75) is 24.7 Å². The molecule has 14 aromatic rings. The van der Waals surface area contributed by atoms with Gasteiger partial charge in [0.05, 0.1) is 78.0 Å². The summed E-state index contributed by atoms with van der Waals surface area (Å²) in [5.74, 6) is 0. The lowest BCUT2D eigenvalue weighted by molar-refractivity contribution is -0.138. The number of anilines is 3. The van der Waals surface area contributed by atoms with E-state index < -0.39 is 47.0 Å². The molecule has 0 radical (unpaired) electrons. The Hall–Kier alpha value is -10.7. The summed E-state index contributed by atoms with van der Waals surface area (Å²) in [6.07, 6.45) is -20.0. The highest BCUT2D eigenvalue weighted by atomic mass is 19.4. The molecule has 88 heavy (non-hydrogen) atoms. The fourth-order valence-electron chi connectivity index (χ4n) is 12.4. The standard InChI is InChI=1S/C71H39F12N5/c72-68(73,74)43-25-30-58-51(35-43)52-36-44(69(75,76)77)26-31-59(52)86(58)65-63(41-15-5-1-6-16-41)56(40-84)64(42-17-7-2-8-18-42)66(87-60-32-27-45(70(78,79)80)37-53(60)54-38-46(71(81,82)83)28-33-61(54)87)67(65)88-57-24-14-13-23-50(57)55-39-49(29-34-62(55)88)85(47-19-9-3-10-20-47)48-21-11-4-12-22-48/h1-39H. The highest BCUT2D eigenvalue weighted by Crippen LogP contribution is 2.54. The minimum Gasteiger partial charge on any atom is -0.310 e. The zero-order chi connectivity index (χ0) is 61.2. The Labute approximate surface area is 491 Å². The van der Waals surface area contributed by atoms with E-state index in [2.05, 4.69) is 6.07 Å². The zero-order valence-corrected chi connectivity index (χ0v) is 45.3. The number of nitriles is 1. The quantitative estimate of drug-likeness (QED) is 0.142. The molecular weight excluding hydrogens is 1150 g/mol. The van der Waals surface area contributed by atoms with E-state index in [-0.39, 0.29) is 77.4 Å². The number of rotatable bonds is 8. The van der Waals surface area contributed by atoms with Crippen LogP contribution < -0.4 is 4.90 Å². The van der Waals surface area contributed by atoms with Crippen molar-refractivity contribution in [2.75, 3.05) is 4.90 Å². The van der Waals surface area contributed by atoms with Crippen molar-refractivity contribution >= 4 is 82.5 Å². The molecule has 0 amide bonds. The lowest BCUT2D eigenvalue weighted by Gasteiger charge is -2.29. The average molecular weight is 1190 g/mol. The molecule has 17 heteroatoms. The van der Waals surface area contributed by atoms with Crippen LogP contribution in [0.2, 0.25) is 0 Å². The second-order valence-electron chi connectivity index (χ2n) is 21.2. The van der Waals surface area contributed by atoms with E-state index in [0.29, 0.717) is 38.6 Å². The number of nitrogens with zero attached hydrogens (tertiary/aromatic N) is 5. The maximum Gasteiger partial charge on any atom is 0.416 e. The van der Waals surface area contributed by atoms with Crippen LogP contribution in [0.4, 0.5) is 69.7 Å². The maximum absolute atomic E-state index is 15.0. The Morgan fingerprint density at radius 2 is 0.580 bits per heavy atom. The number of fused-ring (bicyclic) bond motifs is 9. The molecule has 0 saturated heterocycles. The van der Waals surface area contributed by atoms with Gasteiger partial charge in [0.15, 0.2) is 0 Å². The van der Waals surface area contributed by atoms with Crippen LogP contribution in [0.15, 0.2) is 237 Å². The first-order chi connectivity index (χ1) is 42.2. The number of alkyl halides is 12. The fraction of sp³-hybridized carbons (Fsp3) is 0.0563. The minimum absolute atomic E-state index is 0.00676. The summed E-state index contributed by atoms with van der Waals surface area (Å²) in [7, 11) is 0. The van der Waals surface area contributed by atoms with Gasteiger partial charge in [-0.1, -0.05) is 115 Å². The molecule has 0 saturated carbocycles. The van der Waals surface area contributed by atoms with Crippen LogP contribution in [-0.4, -0.2) is 13.7 Å². The lowest BCUT2D eigenvalue weighted by Crippen LogP contribution is -2.15. The first-order valence-electron chi connectivity index (χ1n) is 27.3. The van der Waals surface area contributed by atoms with Crippen molar-refractivity contribution in [3.63, 3.8) is 0 Å². The molecule has 14 rings (SSSR count). The predicted octanol–water partition coefficient (Wildman–Crippen LogP) is 21.7. The summed E-state index contributed by atoms with van der Waals surface area (Å²) in [5.41, 5.74) is -0.992. The normalized spacial score (nSPS) is 12.5. The molecule has 3 aromatic heterocycles. The first kappa shape index (κ1) is 55.2. The third kappa shape index (κ3) is 8.96. The van der Waals surface area contributed by atoms with E-state index in [1.54, 1.807) is 72.8 Å². The third-order valence-electron chi connectivity index (χ3n) is 16.1. The van der Waals surface area contributed by atoms with Gasteiger partial charge in [0.1, 0.15) is 6.07 Å². The molecule has 11 aromatic carbocycles. The molecule has 0 spiro atoms. The monoisotopic (exact) mass is 1190 g/mol. The van der Waals surface area contributed by atoms with Crippen LogP contribution in [0, 0.1) is 11.3 Å². The molecule has 0 atom stereocenters.